The Balaban J connectivity index is 1.01. The van der Waals surface area contributed by atoms with Gasteiger partial charge in [-0.2, -0.15) is 5.10 Å². The minimum absolute atomic E-state index is 0.594. The molecule has 3 aliphatic rings. The van der Waals surface area contributed by atoms with E-state index in [0.717, 1.165) is 58.9 Å². The van der Waals surface area contributed by atoms with Crippen LogP contribution in [0.1, 0.15) is 18.9 Å². The smallest absolute Gasteiger partial charge is 0.212 e. The van der Waals surface area contributed by atoms with E-state index in [1.165, 1.54) is 12.0 Å². The van der Waals surface area contributed by atoms with Crippen molar-refractivity contribution in [3.05, 3.63) is 60.7 Å². The highest BCUT2D eigenvalue weighted by molar-refractivity contribution is 6.00. The zero-order valence-electron chi connectivity index (χ0n) is 22.0. The van der Waals surface area contributed by atoms with Crippen LogP contribution in [0.4, 0.5) is 5.82 Å². The number of nitrogens with zero attached hydrogens (tertiary/aromatic N) is 7. The number of anilines is 1. The predicted octanol–water partition coefficient (Wildman–Crippen LogP) is 3.78. The fraction of sp³-hybridized carbons (Fsp3) is 0.379. The summed E-state index contributed by atoms with van der Waals surface area (Å²) in [5, 5.41) is 12.8. The number of aromatic nitrogens is 6. The van der Waals surface area contributed by atoms with Crippen molar-refractivity contribution in [3.8, 4) is 22.8 Å². The van der Waals surface area contributed by atoms with E-state index in [1.807, 2.05) is 42.3 Å². The van der Waals surface area contributed by atoms with Crippen LogP contribution >= 0.6 is 0 Å². The van der Waals surface area contributed by atoms with Gasteiger partial charge < -0.3 is 14.4 Å². The average Bonchev–Trinajstić information content (AvgIpc) is 3.75. The van der Waals surface area contributed by atoms with Crippen LogP contribution in [0, 0.1) is 11.8 Å². The molecule has 39 heavy (non-hydrogen) atoms. The molecule has 5 aromatic rings. The number of ether oxygens (including phenoxy) is 2. The van der Waals surface area contributed by atoms with Gasteiger partial charge in [0.15, 0.2) is 5.65 Å². The number of hydrogen-bond donors (Lipinski definition) is 1. The van der Waals surface area contributed by atoms with E-state index >= 15 is 0 Å². The highest BCUT2D eigenvalue weighted by atomic mass is 16.5. The molecule has 4 unspecified atom stereocenters. The van der Waals surface area contributed by atoms with Gasteiger partial charge in [-0.05, 0) is 48.9 Å². The molecular weight excluding hydrogens is 492 g/mol. The number of pyridine rings is 3. The van der Waals surface area contributed by atoms with Gasteiger partial charge in [-0.3, -0.25) is 10.00 Å². The molecule has 0 amide bonds. The molecule has 10 heteroatoms. The average molecular weight is 523 g/mol. The summed E-state index contributed by atoms with van der Waals surface area (Å²) in [5.74, 6) is 3.90. The lowest BCUT2D eigenvalue weighted by Gasteiger charge is -2.44. The Kier molecular flexibility index (Phi) is 5.06. The highest BCUT2D eigenvalue weighted by Gasteiger charge is 2.60. The quantitative estimate of drug-likeness (QED) is 0.345. The molecule has 0 radical (unpaired) electrons. The Labute approximate surface area is 225 Å². The number of methoxy groups -OCH3 is 1. The summed E-state index contributed by atoms with van der Waals surface area (Å²) in [6.07, 6.45) is 8.99. The molecule has 2 bridgehead atoms. The molecule has 3 fully saturated rings. The fourth-order valence-corrected chi connectivity index (χ4v) is 7.13. The molecule has 1 N–H and O–H groups in total. The van der Waals surface area contributed by atoms with Crippen molar-refractivity contribution in [1.29, 1.82) is 0 Å². The highest BCUT2D eigenvalue weighted by Crippen LogP contribution is 2.53. The minimum Gasteiger partial charge on any atom is -0.492 e. The van der Waals surface area contributed by atoms with Crippen molar-refractivity contribution in [1.82, 2.24) is 34.7 Å². The number of nitrogens with one attached hydrogen (secondary N) is 1. The van der Waals surface area contributed by atoms with Crippen LogP contribution in [0.5, 0.6) is 11.6 Å². The van der Waals surface area contributed by atoms with E-state index in [4.69, 9.17) is 14.5 Å². The topological polar surface area (TPSA) is 96.7 Å². The summed E-state index contributed by atoms with van der Waals surface area (Å²) >= 11 is 0. The zero-order valence-corrected chi connectivity index (χ0v) is 22.0. The molecule has 8 heterocycles. The van der Waals surface area contributed by atoms with E-state index in [1.54, 1.807) is 7.11 Å². The van der Waals surface area contributed by atoms with Gasteiger partial charge in [-0.1, -0.05) is 6.07 Å². The van der Waals surface area contributed by atoms with Crippen LogP contribution in [-0.2, 0) is 6.54 Å². The summed E-state index contributed by atoms with van der Waals surface area (Å²) in [7, 11) is 1.66. The first-order valence-electron chi connectivity index (χ1n) is 13.6. The summed E-state index contributed by atoms with van der Waals surface area (Å²) < 4.78 is 12.9. The molecule has 0 spiro atoms. The monoisotopic (exact) mass is 522 g/mol. The van der Waals surface area contributed by atoms with Crippen LogP contribution in [0.2, 0.25) is 0 Å². The minimum atomic E-state index is 0.594. The van der Waals surface area contributed by atoms with Gasteiger partial charge in [0.05, 0.1) is 37.0 Å². The maximum absolute atomic E-state index is 5.84. The third-order valence-corrected chi connectivity index (χ3v) is 8.90. The van der Waals surface area contributed by atoms with Crippen molar-refractivity contribution in [2.45, 2.75) is 32.0 Å². The number of H-pyrrole nitrogens is 1. The Bertz CT molecular complexity index is 1640. The summed E-state index contributed by atoms with van der Waals surface area (Å²) in [5.41, 5.74) is 5.09. The molecule has 10 nitrogen and oxygen atoms in total. The summed E-state index contributed by atoms with van der Waals surface area (Å²) in [6.45, 7) is 5.69. The molecule has 0 aliphatic carbocycles. The zero-order chi connectivity index (χ0) is 26.1. The van der Waals surface area contributed by atoms with Crippen molar-refractivity contribution in [2.75, 3.05) is 31.7 Å². The lowest BCUT2D eigenvalue weighted by atomic mass is 9.98. The van der Waals surface area contributed by atoms with E-state index in [0.29, 0.717) is 36.4 Å². The van der Waals surface area contributed by atoms with E-state index < -0.39 is 0 Å². The van der Waals surface area contributed by atoms with Crippen LogP contribution in [0.15, 0.2) is 55.1 Å². The first-order chi connectivity index (χ1) is 19.2. The van der Waals surface area contributed by atoms with Crippen LogP contribution in [-0.4, -0.2) is 73.6 Å². The molecule has 5 aromatic heterocycles. The predicted molar refractivity (Wildman–Crippen MR) is 147 cm³/mol. The lowest BCUT2D eigenvalue weighted by Crippen LogP contribution is -2.52. The van der Waals surface area contributed by atoms with Crippen molar-refractivity contribution in [2.24, 2.45) is 11.8 Å². The standard InChI is InChI=1S/C29H30N8O2/c1-3-39-19-8-20(28-21-12-32-33-29(21)34-37(28)14-19)18-5-6-26(30-11-18)35-15-22-23(16-35)25-9-24(22)36(25)13-17-4-7-27(38-2)31-10-17/h4-8,10-12,14,22-25H,3,9,13,15-16H2,1-2H3,(H,33,34). The van der Waals surface area contributed by atoms with Crippen molar-refractivity contribution >= 4 is 22.4 Å². The third-order valence-electron chi connectivity index (χ3n) is 8.90. The Morgan fingerprint density at radius 2 is 1.90 bits per heavy atom. The van der Waals surface area contributed by atoms with Crippen molar-refractivity contribution in [3.63, 3.8) is 0 Å². The maximum atomic E-state index is 5.84. The lowest BCUT2D eigenvalue weighted by molar-refractivity contribution is 0.0491. The second-order valence-electron chi connectivity index (χ2n) is 10.8. The number of hydrogen-bond acceptors (Lipinski definition) is 8. The Hall–Kier alpha value is -4.18. The summed E-state index contributed by atoms with van der Waals surface area (Å²) in [6, 6.07) is 11.8. The second kappa shape index (κ2) is 8.67. The number of fused-ring (bicyclic) bond motifs is 8. The van der Waals surface area contributed by atoms with Crippen LogP contribution < -0.4 is 14.4 Å². The maximum Gasteiger partial charge on any atom is 0.212 e. The first-order valence-corrected chi connectivity index (χ1v) is 13.6. The van der Waals surface area contributed by atoms with Crippen LogP contribution in [0.3, 0.4) is 0 Å². The molecule has 4 atom stereocenters. The van der Waals surface area contributed by atoms with Gasteiger partial charge in [-0.25, -0.2) is 14.5 Å². The van der Waals surface area contributed by atoms with Crippen LogP contribution in [0.25, 0.3) is 27.7 Å². The fourth-order valence-electron chi connectivity index (χ4n) is 7.13. The van der Waals surface area contributed by atoms with Crippen molar-refractivity contribution < 1.29 is 9.47 Å². The van der Waals surface area contributed by atoms with E-state index in [2.05, 4.69) is 54.3 Å². The normalized spacial score (nSPS) is 23.9. The van der Waals surface area contributed by atoms with Gasteiger partial charge >= 0.3 is 0 Å². The number of rotatable bonds is 7. The third kappa shape index (κ3) is 3.51. The molecule has 198 valence electrons. The Morgan fingerprint density at radius 1 is 1.03 bits per heavy atom. The SMILES string of the molecule is CCOc1cc(-c2ccc(N3CC4C(C3)C3CC4N3Cc3ccc(OC)nc3)nc2)c2c3cn[nH]c3nn2c1. The van der Waals surface area contributed by atoms with Gasteiger partial charge in [0.25, 0.3) is 0 Å². The molecule has 0 aromatic carbocycles. The van der Waals surface area contributed by atoms with Gasteiger partial charge in [-0.15, -0.1) is 5.10 Å². The molecule has 3 saturated heterocycles. The van der Waals surface area contributed by atoms with E-state index in [-0.39, 0.29) is 0 Å². The van der Waals surface area contributed by atoms with Gasteiger partial charge in [0, 0.05) is 61.3 Å². The molecular formula is C29H30N8O2. The van der Waals surface area contributed by atoms with Gasteiger partial charge in [0.1, 0.15) is 11.6 Å². The Morgan fingerprint density at radius 3 is 2.62 bits per heavy atom. The number of aromatic amines is 1. The van der Waals surface area contributed by atoms with Gasteiger partial charge in [0.2, 0.25) is 5.88 Å². The summed E-state index contributed by atoms with van der Waals surface area (Å²) in [4.78, 5) is 14.5. The molecule has 3 aliphatic heterocycles. The molecule has 0 saturated carbocycles. The van der Waals surface area contributed by atoms with E-state index in [9.17, 15) is 0 Å². The second-order valence-corrected chi connectivity index (χ2v) is 10.8. The molecule has 8 rings (SSSR count). The largest absolute Gasteiger partial charge is 0.492 e. The first kappa shape index (κ1) is 22.8.